The van der Waals surface area contributed by atoms with Gasteiger partial charge in [-0.3, -0.25) is 4.98 Å². The van der Waals surface area contributed by atoms with Crippen LogP contribution in [-0.2, 0) is 0 Å². The molecule has 0 spiro atoms. The Morgan fingerprint density at radius 2 is 1.75 bits per heavy atom. The van der Waals surface area contributed by atoms with E-state index in [-0.39, 0.29) is 0 Å². The lowest BCUT2D eigenvalue weighted by atomic mass is 9.96. The Balaban J connectivity index is 1.65. The molecular weight excluding hydrogens is 414 g/mol. The van der Waals surface area contributed by atoms with E-state index in [2.05, 4.69) is 44.5 Å². The quantitative estimate of drug-likeness (QED) is 0.504. The zero-order chi connectivity index (χ0) is 19.3. The lowest BCUT2D eigenvalue weighted by Crippen LogP contribution is -2.23. The molecule has 1 saturated carbocycles. The summed E-state index contributed by atoms with van der Waals surface area (Å²) in [6.07, 6.45) is 9.80. The molecule has 1 aromatic carbocycles. The van der Waals surface area contributed by atoms with Crippen molar-refractivity contribution < 1.29 is 0 Å². The molecule has 2 N–H and O–H groups in total. The minimum absolute atomic E-state index is 0.448. The van der Waals surface area contributed by atoms with Crippen LogP contribution in [-0.4, -0.2) is 21.0 Å². The Kier molecular flexibility index (Phi) is 5.86. The van der Waals surface area contributed by atoms with Crippen LogP contribution in [0.5, 0.6) is 0 Å². The van der Waals surface area contributed by atoms with Crippen molar-refractivity contribution in [2.24, 2.45) is 0 Å². The second kappa shape index (κ2) is 8.69. The van der Waals surface area contributed by atoms with Gasteiger partial charge in [-0.25, -0.2) is 4.98 Å². The minimum Gasteiger partial charge on any atom is -0.351 e. The van der Waals surface area contributed by atoms with Crippen molar-refractivity contribution in [1.82, 2.24) is 15.0 Å². The molecule has 4 rings (SSSR count). The van der Waals surface area contributed by atoms with Crippen molar-refractivity contribution in [3.8, 4) is 11.3 Å². The molecule has 1 aliphatic rings. The lowest BCUT2D eigenvalue weighted by molar-refractivity contribution is 0.461. The number of anilines is 3. The molecule has 28 heavy (non-hydrogen) atoms. The van der Waals surface area contributed by atoms with Crippen molar-refractivity contribution in [1.29, 1.82) is 0 Å². The summed E-state index contributed by atoms with van der Waals surface area (Å²) < 4.78 is 1.10. The van der Waals surface area contributed by atoms with E-state index >= 15 is 0 Å². The van der Waals surface area contributed by atoms with Gasteiger partial charge in [0.2, 0.25) is 5.95 Å². The third-order valence-corrected chi connectivity index (χ3v) is 5.96. The summed E-state index contributed by atoms with van der Waals surface area (Å²) >= 11 is 3.55. The molecular formula is C22H24BrN5. The van der Waals surface area contributed by atoms with Crippen LogP contribution in [0.3, 0.4) is 0 Å². The van der Waals surface area contributed by atoms with Gasteiger partial charge in [0.1, 0.15) is 5.82 Å². The van der Waals surface area contributed by atoms with Gasteiger partial charge in [-0.1, -0.05) is 35.2 Å². The first-order valence-corrected chi connectivity index (χ1v) is 10.6. The number of hydrogen-bond donors (Lipinski definition) is 2. The van der Waals surface area contributed by atoms with Gasteiger partial charge in [0, 0.05) is 40.2 Å². The SMILES string of the molecule is Cc1cc(Nc2cc(-c3ccncc3)nc(NC3CCCCC3)n2)ccc1Br. The van der Waals surface area contributed by atoms with Crippen molar-refractivity contribution in [2.75, 3.05) is 10.6 Å². The predicted octanol–water partition coefficient (Wildman–Crippen LogP) is 6.10. The van der Waals surface area contributed by atoms with Crippen molar-refractivity contribution in [2.45, 2.75) is 45.1 Å². The van der Waals surface area contributed by atoms with Crippen LogP contribution in [0.2, 0.25) is 0 Å². The monoisotopic (exact) mass is 437 g/mol. The Hall–Kier alpha value is -2.47. The number of aromatic nitrogens is 3. The Bertz CT molecular complexity index is 939. The summed E-state index contributed by atoms with van der Waals surface area (Å²) in [5.74, 6) is 1.46. The van der Waals surface area contributed by atoms with Crippen molar-refractivity contribution in [3.63, 3.8) is 0 Å². The molecule has 144 valence electrons. The van der Waals surface area contributed by atoms with E-state index in [1.165, 1.54) is 37.7 Å². The van der Waals surface area contributed by atoms with Gasteiger partial charge >= 0.3 is 0 Å². The lowest BCUT2D eigenvalue weighted by Gasteiger charge is -2.23. The fourth-order valence-electron chi connectivity index (χ4n) is 3.55. The standard InChI is InChI=1S/C22H24BrN5/c1-15-13-18(7-8-19(15)23)25-21-14-20(16-9-11-24-12-10-16)27-22(28-21)26-17-5-3-2-4-6-17/h7-14,17H,2-6H2,1H3,(H2,25,26,27,28). The van der Waals surface area contributed by atoms with Crippen LogP contribution in [0.15, 0.2) is 53.3 Å². The summed E-state index contributed by atoms with van der Waals surface area (Å²) in [7, 11) is 0. The summed E-state index contributed by atoms with van der Waals surface area (Å²) in [5.41, 5.74) is 4.09. The zero-order valence-corrected chi connectivity index (χ0v) is 17.5. The number of hydrogen-bond acceptors (Lipinski definition) is 5. The summed E-state index contributed by atoms with van der Waals surface area (Å²) in [5, 5.41) is 6.98. The molecule has 0 radical (unpaired) electrons. The van der Waals surface area contributed by atoms with E-state index in [9.17, 15) is 0 Å². The maximum Gasteiger partial charge on any atom is 0.225 e. The number of aryl methyl sites for hydroxylation is 1. The number of pyridine rings is 1. The highest BCUT2D eigenvalue weighted by molar-refractivity contribution is 9.10. The Morgan fingerprint density at radius 1 is 0.964 bits per heavy atom. The summed E-state index contributed by atoms with van der Waals surface area (Å²) in [6.45, 7) is 2.08. The number of nitrogens with zero attached hydrogens (tertiary/aromatic N) is 3. The number of rotatable bonds is 5. The second-order valence-corrected chi connectivity index (χ2v) is 8.12. The van der Waals surface area contributed by atoms with Gasteiger partial charge in [0.25, 0.3) is 0 Å². The van der Waals surface area contributed by atoms with Crippen LogP contribution in [0, 0.1) is 6.92 Å². The fraction of sp³-hybridized carbons (Fsp3) is 0.318. The molecule has 0 bridgehead atoms. The molecule has 2 aromatic heterocycles. The average Bonchev–Trinajstić information content (AvgIpc) is 2.72. The van der Waals surface area contributed by atoms with Crippen LogP contribution in [0.25, 0.3) is 11.3 Å². The van der Waals surface area contributed by atoms with E-state index in [0.717, 1.165) is 27.2 Å². The highest BCUT2D eigenvalue weighted by atomic mass is 79.9. The molecule has 3 aromatic rings. The normalized spacial score (nSPS) is 14.6. The van der Waals surface area contributed by atoms with Crippen LogP contribution < -0.4 is 10.6 Å². The van der Waals surface area contributed by atoms with Gasteiger partial charge in [-0.15, -0.1) is 0 Å². The molecule has 5 nitrogen and oxygen atoms in total. The van der Waals surface area contributed by atoms with Gasteiger partial charge in [-0.05, 0) is 55.7 Å². The topological polar surface area (TPSA) is 62.7 Å². The van der Waals surface area contributed by atoms with Gasteiger partial charge in [-0.2, -0.15) is 4.98 Å². The van der Waals surface area contributed by atoms with Gasteiger partial charge < -0.3 is 10.6 Å². The maximum absolute atomic E-state index is 4.77. The predicted molar refractivity (Wildman–Crippen MR) is 118 cm³/mol. The highest BCUT2D eigenvalue weighted by Crippen LogP contribution is 2.27. The number of halogens is 1. The molecule has 2 heterocycles. The first kappa shape index (κ1) is 18.9. The molecule has 0 atom stereocenters. The number of nitrogens with one attached hydrogen (secondary N) is 2. The maximum atomic E-state index is 4.77. The summed E-state index contributed by atoms with van der Waals surface area (Å²) in [4.78, 5) is 13.6. The third kappa shape index (κ3) is 4.68. The Morgan fingerprint density at radius 3 is 2.50 bits per heavy atom. The van der Waals surface area contributed by atoms with Crippen molar-refractivity contribution >= 4 is 33.4 Å². The van der Waals surface area contributed by atoms with E-state index in [1.54, 1.807) is 12.4 Å². The van der Waals surface area contributed by atoms with E-state index in [0.29, 0.717) is 12.0 Å². The van der Waals surface area contributed by atoms with Crippen LogP contribution >= 0.6 is 15.9 Å². The van der Waals surface area contributed by atoms with E-state index < -0.39 is 0 Å². The molecule has 0 unspecified atom stereocenters. The van der Waals surface area contributed by atoms with Crippen LogP contribution in [0.1, 0.15) is 37.7 Å². The van der Waals surface area contributed by atoms with Gasteiger partial charge in [0.15, 0.2) is 0 Å². The smallest absolute Gasteiger partial charge is 0.225 e. The molecule has 0 aliphatic heterocycles. The molecule has 0 amide bonds. The average molecular weight is 438 g/mol. The fourth-order valence-corrected chi connectivity index (χ4v) is 3.79. The Labute approximate surface area is 174 Å². The largest absolute Gasteiger partial charge is 0.351 e. The number of benzene rings is 1. The molecule has 6 heteroatoms. The van der Waals surface area contributed by atoms with Crippen molar-refractivity contribution in [3.05, 3.63) is 58.8 Å². The highest BCUT2D eigenvalue weighted by Gasteiger charge is 2.15. The van der Waals surface area contributed by atoms with Gasteiger partial charge in [0.05, 0.1) is 5.69 Å². The third-order valence-electron chi connectivity index (χ3n) is 5.07. The van der Waals surface area contributed by atoms with E-state index in [4.69, 9.17) is 9.97 Å². The first-order chi connectivity index (χ1) is 13.7. The van der Waals surface area contributed by atoms with Crippen LogP contribution in [0.4, 0.5) is 17.5 Å². The second-order valence-electron chi connectivity index (χ2n) is 7.27. The minimum atomic E-state index is 0.448. The summed E-state index contributed by atoms with van der Waals surface area (Å²) in [6, 6.07) is 12.6. The molecule has 1 aliphatic carbocycles. The first-order valence-electron chi connectivity index (χ1n) is 9.76. The zero-order valence-electron chi connectivity index (χ0n) is 16.0. The van der Waals surface area contributed by atoms with E-state index in [1.807, 2.05) is 30.3 Å². The molecule has 0 saturated heterocycles. The molecule has 1 fully saturated rings.